The van der Waals surface area contributed by atoms with Gasteiger partial charge in [0.1, 0.15) is 0 Å². The molecule has 2 N–H and O–H groups in total. The highest BCUT2D eigenvalue weighted by molar-refractivity contribution is 5.97. The molecular weight excluding hydrogens is 304 g/mol. The third-order valence-electron chi connectivity index (χ3n) is 4.16. The Hall–Kier alpha value is -1.82. The number of hydrogen-bond donors (Lipinski definition) is 2. The molecular formula is C17H21F2NO3. The molecule has 2 unspecified atom stereocenters. The van der Waals surface area contributed by atoms with Crippen LogP contribution in [0.4, 0.5) is 8.78 Å². The molecule has 2 rings (SSSR count). The number of halogens is 2. The monoisotopic (exact) mass is 325 g/mol. The molecule has 4 nitrogen and oxygen atoms in total. The number of nitrogens with one attached hydrogen (secondary N) is 1. The van der Waals surface area contributed by atoms with E-state index in [0.29, 0.717) is 13.0 Å². The van der Waals surface area contributed by atoms with Crippen LogP contribution in [-0.2, 0) is 4.79 Å². The summed E-state index contributed by atoms with van der Waals surface area (Å²) in [6, 6.07) is 2.96. The van der Waals surface area contributed by atoms with Crippen molar-refractivity contribution in [2.75, 3.05) is 6.54 Å². The van der Waals surface area contributed by atoms with Crippen molar-refractivity contribution in [2.45, 2.75) is 44.6 Å². The van der Waals surface area contributed by atoms with Gasteiger partial charge in [-0.3, -0.25) is 9.59 Å². The first-order chi connectivity index (χ1) is 11.0. The molecule has 0 aromatic heterocycles. The molecule has 1 amide bonds. The van der Waals surface area contributed by atoms with E-state index in [-0.39, 0.29) is 36.3 Å². The molecule has 0 aliphatic heterocycles. The summed E-state index contributed by atoms with van der Waals surface area (Å²) in [5.41, 5.74) is 0.0621. The number of aliphatic hydroxyl groups excluding tert-OH is 1. The van der Waals surface area contributed by atoms with E-state index < -0.39 is 17.4 Å². The predicted molar refractivity (Wildman–Crippen MR) is 80.9 cm³/mol. The van der Waals surface area contributed by atoms with E-state index in [1.807, 2.05) is 0 Å². The number of amides is 1. The minimum absolute atomic E-state index is 0.00705. The van der Waals surface area contributed by atoms with Crippen molar-refractivity contribution < 1.29 is 23.5 Å². The van der Waals surface area contributed by atoms with Gasteiger partial charge < -0.3 is 10.4 Å². The van der Waals surface area contributed by atoms with E-state index in [0.717, 1.165) is 31.4 Å². The molecule has 1 fully saturated rings. The molecule has 0 saturated heterocycles. The third-order valence-corrected chi connectivity index (χ3v) is 4.16. The molecule has 2 atom stereocenters. The van der Waals surface area contributed by atoms with Crippen molar-refractivity contribution in [3.05, 3.63) is 35.4 Å². The Balaban J connectivity index is 1.73. The summed E-state index contributed by atoms with van der Waals surface area (Å²) in [5.74, 6) is -2.46. The SMILES string of the molecule is O=C(CCC(=O)c1ccc(F)c(F)c1)NCC1CCCC(O)C1. The van der Waals surface area contributed by atoms with Gasteiger partial charge in [0.15, 0.2) is 17.4 Å². The van der Waals surface area contributed by atoms with Gasteiger partial charge in [-0.25, -0.2) is 8.78 Å². The van der Waals surface area contributed by atoms with Crippen LogP contribution in [0.2, 0.25) is 0 Å². The van der Waals surface area contributed by atoms with Gasteiger partial charge >= 0.3 is 0 Å². The normalized spacial score (nSPS) is 21.0. The lowest BCUT2D eigenvalue weighted by Crippen LogP contribution is -2.33. The van der Waals surface area contributed by atoms with E-state index >= 15 is 0 Å². The minimum Gasteiger partial charge on any atom is -0.393 e. The Bertz CT molecular complexity index is 577. The maximum Gasteiger partial charge on any atom is 0.220 e. The molecule has 0 radical (unpaired) electrons. The van der Waals surface area contributed by atoms with Crippen LogP contribution < -0.4 is 5.32 Å². The van der Waals surface area contributed by atoms with E-state index in [2.05, 4.69) is 5.32 Å². The molecule has 0 heterocycles. The lowest BCUT2D eigenvalue weighted by atomic mass is 9.87. The maximum atomic E-state index is 13.1. The molecule has 1 aromatic rings. The smallest absolute Gasteiger partial charge is 0.220 e. The number of Topliss-reactive ketones (excluding diaryl/α,β-unsaturated/α-hetero) is 1. The maximum absolute atomic E-state index is 13.1. The average Bonchev–Trinajstić information content (AvgIpc) is 2.53. The first kappa shape index (κ1) is 17.5. The van der Waals surface area contributed by atoms with Gasteiger partial charge in [0.25, 0.3) is 0 Å². The molecule has 0 spiro atoms. The van der Waals surface area contributed by atoms with Crippen molar-refractivity contribution in [2.24, 2.45) is 5.92 Å². The number of aliphatic hydroxyl groups is 1. The fourth-order valence-electron chi connectivity index (χ4n) is 2.84. The van der Waals surface area contributed by atoms with E-state index in [1.165, 1.54) is 6.07 Å². The summed E-state index contributed by atoms with van der Waals surface area (Å²) in [6.07, 6.45) is 3.10. The van der Waals surface area contributed by atoms with Crippen molar-refractivity contribution in [1.29, 1.82) is 0 Å². The van der Waals surface area contributed by atoms with Crippen molar-refractivity contribution in [3.63, 3.8) is 0 Å². The standard InChI is InChI=1S/C17H21F2NO3/c18-14-5-4-12(9-15(14)19)16(22)6-7-17(23)20-10-11-2-1-3-13(21)8-11/h4-5,9,11,13,21H,1-3,6-8,10H2,(H,20,23). The van der Waals surface area contributed by atoms with Crippen LogP contribution in [0, 0.1) is 17.6 Å². The summed E-state index contributed by atoms with van der Waals surface area (Å²) < 4.78 is 25.9. The van der Waals surface area contributed by atoms with Crippen LogP contribution in [0.5, 0.6) is 0 Å². The molecule has 1 aromatic carbocycles. The Morgan fingerprint density at radius 1 is 1.17 bits per heavy atom. The number of hydrogen-bond acceptors (Lipinski definition) is 3. The molecule has 1 saturated carbocycles. The van der Waals surface area contributed by atoms with Crippen LogP contribution in [-0.4, -0.2) is 29.4 Å². The average molecular weight is 325 g/mol. The molecule has 1 aliphatic rings. The van der Waals surface area contributed by atoms with Gasteiger partial charge in [-0.1, -0.05) is 6.42 Å². The Morgan fingerprint density at radius 2 is 1.96 bits per heavy atom. The summed E-state index contributed by atoms with van der Waals surface area (Å²) in [7, 11) is 0. The topological polar surface area (TPSA) is 66.4 Å². The predicted octanol–water partition coefficient (Wildman–Crippen LogP) is 2.60. The van der Waals surface area contributed by atoms with Crippen LogP contribution in [0.15, 0.2) is 18.2 Å². The number of ketones is 1. The fraction of sp³-hybridized carbons (Fsp3) is 0.529. The van der Waals surface area contributed by atoms with Crippen LogP contribution in [0.1, 0.15) is 48.9 Å². The second kappa shape index (κ2) is 8.15. The number of rotatable bonds is 6. The van der Waals surface area contributed by atoms with Gasteiger partial charge in [0, 0.05) is 24.9 Å². The van der Waals surface area contributed by atoms with E-state index in [4.69, 9.17) is 0 Å². The summed E-state index contributed by atoms with van der Waals surface area (Å²) in [4.78, 5) is 23.6. The minimum atomic E-state index is -1.07. The third kappa shape index (κ3) is 5.39. The van der Waals surface area contributed by atoms with E-state index in [1.54, 1.807) is 0 Å². The van der Waals surface area contributed by atoms with Crippen molar-refractivity contribution in [1.82, 2.24) is 5.32 Å². The summed E-state index contributed by atoms with van der Waals surface area (Å²) >= 11 is 0. The first-order valence-electron chi connectivity index (χ1n) is 7.88. The Labute approximate surface area is 133 Å². The first-order valence-corrected chi connectivity index (χ1v) is 7.88. The van der Waals surface area contributed by atoms with Crippen LogP contribution >= 0.6 is 0 Å². The molecule has 126 valence electrons. The number of carbonyl (C=O) groups is 2. The largest absolute Gasteiger partial charge is 0.393 e. The lowest BCUT2D eigenvalue weighted by molar-refractivity contribution is -0.121. The zero-order valence-corrected chi connectivity index (χ0v) is 12.9. The van der Waals surface area contributed by atoms with Crippen LogP contribution in [0.3, 0.4) is 0 Å². The lowest BCUT2D eigenvalue weighted by Gasteiger charge is -2.25. The second-order valence-electron chi connectivity index (χ2n) is 6.04. The molecule has 0 bridgehead atoms. The summed E-state index contributed by atoms with van der Waals surface area (Å²) in [6.45, 7) is 0.495. The Kier molecular flexibility index (Phi) is 6.21. The zero-order chi connectivity index (χ0) is 16.8. The van der Waals surface area contributed by atoms with Gasteiger partial charge in [0.2, 0.25) is 5.91 Å². The number of carbonyl (C=O) groups excluding carboxylic acids is 2. The van der Waals surface area contributed by atoms with E-state index in [9.17, 15) is 23.5 Å². The molecule has 1 aliphatic carbocycles. The Morgan fingerprint density at radius 3 is 2.65 bits per heavy atom. The molecule has 23 heavy (non-hydrogen) atoms. The second-order valence-corrected chi connectivity index (χ2v) is 6.04. The zero-order valence-electron chi connectivity index (χ0n) is 12.9. The molecule has 6 heteroatoms. The van der Waals surface area contributed by atoms with Gasteiger partial charge in [-0.15, -0.1) is 0 Å². The van der Waals surface area contributed by atoms with Crippen LogP contribution in [0.25, 0.3) is 0 Å². The highest BCUT2D eigenvalue weighted by Gasteiger charge is 2.20. The highest BCUT2D eigenvalue weighted by Crippen LogP contribution is 2.23. The van der Waals surface area contributed by atoms with Gasteiger partial charge in [-0.2, -0.15) is 0 Å². The quantitative estimate of drug-likeness (QED) is 0.790. The van der Waals surface area contributed by atoms with Gasteiger partial charge in [-0.05, 0) is 43.4 Å². The van der Waals surface area contributed by atoms with Crippen molar-refractivity contribution in [3.8, 4) is 0 Å². The summed E-state index contributed by atoms with van der Waals surface area (Å²) in [5, 5.41) is 12.3. The number of benzene rings is 1. The van der Waals surface area contributed by atoms with Gasteiger partial charge in [0.05, 0.1) is 6.10 Å². The van der Waals surface area contributed by atoms with Crippen molar-refractivity contribution >= 4 is 11.7 Å². The highest BCUT2D eigenvalue weighted by atomic mass is 19.2. The fourth-order valence-corrected chi connectivity index (χ4v) is 2.84.